The molecule has 3 rings (SSSR count). The molecule has 0 saturated heterocycles. The van der Waals surface area contributed by atoms with Crippen LogP contribution in [0.1, 0.15) is 26.6 Å². The minimum atomic E-state index is -0.612. The van der Waals surface area contributed by atoms with E-state index >= 15 is 0 Å². The first-order chi connectivity index (χ1) is 13.9. The van der Waals surface area contributed by atoms with Crippen LogP contribution in [0.5, 0.6) is 0 Å². The maximum absolute atomic E-state index is 12.1. The number of aromatic nitrogens is 2. The molecule has 0 fully saturated rings. The van der Waals surface area contributed by atoms with Gasteiger partial charge in [0.2, 0.25) is 5.82 Å². The van der Waals surface area contributed by atoms with Crippen molar-refractivity contribution in [2.75, 3.05) is 13.1 Å². The fraction of sp³-hybridized carbons (Fsp3) is 0.158. The quantitative estimate of drug-likeness (QED) is 0.355. The molecule has 0 aliphatic rings. The van der Waals surface area contributed by atoms with Gasteiger partial charge in [0.05, 0.1) is 4.92 Å². The number of rotatable bonds is 7. The number of non-ortho nitro benzene ring substituents is 1. The van der Waals surface area contributed by atoms with Crippen LogP contribution in [0.25, 0.3) is 11.4 Å². The van der Waals surface area contributed by atoms with Crippen LogP contribution in [0, 0.1) is 17.0 Å². The van der Waals surface area contributed by atoms with Crippen molar-refractivity contribution in [1.29, 1.82) is 0 Å². The van der Waals surface area contributed by atoms with Gasteiger partial charge in [-0.2, -0.15) is 4.98 Å². The highest BCUT2D eigenvalue weighted by atomic mass is 16.6. The van der Waals surface area contributed by atoms with Gasteiger partial charge in [0, 0.05) is 36.3 Å². The second-order valence-corrected chi connectivity index (χ2v) is 6.11. The molecule has 0 saturated carbocycles. The van der Waals surface area contributed by atoms with E-state index in [4.69, 9.17) is 4.52 Å². The van der Waals surface area contributed by atoms with Crippen molar-refractivity contribution in [3.8, 4) is 11.4 Å². The molecule has 10 heteroatoms. The number of nitro groups is 1. The summed E-state index contributed by atoms with van der Waals surface area (Å²) in [6.45, 7) is 2.30. The van der Waals surface area contributed by atoms with Crippen molar-refractivity contribution >= 4 is 17.5 Å². The smallest absolute Gasteiger partial charge is 0.316 e. The van der Waals surface area contributed by atoms with Crippen LogP contribution >= 0.6 is 0 Å². The van der Waals surface area contributed by atoms with Gasteiger partial charge < -0.3 is 15.2 Å². The van der Waals surface area contributed by atoms with Crippen LogP contribution in [0.15, 0.2) is 53.1 Å². The number of nitro benzene ring substituents is 1. The molecule has 29 heavy (non-hydrogen) atoms. The van der Waals surface area contributed by atoms with Crippen molar-refractivity contribution in [2.45, 2.75) is 6.92 Å². The maximum Gasteiger partial charge on any atom is 0.316 e. The van der Waals surface area contributed by atoms with Crippen molar-refractivity contribution in [3.63, 3.8) is 0 Å². The standard InChI is InChI=1S/C19H17N5O5/c1-12-5-7-13(8-6-12)17(25)20-9-10-21-18(26)19-22-16(23-29-19)14-3-2-4-15(11-14)24(27)28/h2-8,11H,9-10H2,1H3,(H,20,25)(H,21,26). The molecule has 0 spiro atoms. The average Bonchev–Trinajstić information content (AvgIpc) is 3.22. The Morgan fingerprint density at radius 2 is 1.76 bits per heavy atom. The van der Waals surface area contributed by atoms with E-state index in [9.17, 15) is 19.7 Å². The molecule has 148 valence electrons. The van der Waals surface area contributed by atoms with E-state index in [1.807, 2.05) is 19.1 Å². The van der Waals surface area contributed by atoms with E-state index in [-0.39, 0.29) is 36.4 Å². The number of aryl methyl sites for hydroxylation is 1. The van der Waals surface area contributed by atoms with Gasteiger partial charge in [-0.25, -0.2) is 0 Å². The predicted octanol–water partition coefficient (Wildman–Crippen LogP) is 2.11. The summed E-state index contributed by atoms with van der Waals surface area (Å²) < 4.78 is 4.91. The van der Waals surface area contributed by atoms with Crippen LogP contribution in [-0.2, 0) is 0 Å². The fourth-order valence-corrected chi connectivity index (χ4v) is 2.43. The molecule has 0 aliphatic carbocycles. The summed E-state index contributed by atoms with van der Waals surface area (Å²) in [5, 5.41) is 19.8. The summed E-state index contributed by atoms with van der Waals surface area (Å²) in [6.07, 6.45) is 0. The van der Waals surface area contributed by atoms with Gasteiger partial charge >= 0.3 is 11.8 Å². The third kappa shape index (κ3) is 5.01. The number of amides is 2. The number of benzene rings is 2. The molecule has 2 aromatic carbocycles. The van der Waals surface area contributed by atoms with Gasteiger partial charge in [0.1, 0.15) is 0 Å². The summed E-state index contributed by atoms with van der Waals surface area (Å²) in [7, 11) is 0. The lowest BCUT2D eigenvalue weighted by Crippen LogP contribution is -2.34. The molecule has 1 aromatic heterocycles. The third-order valence-electron chi connectivity index (χ3n) is 3.95. The zero-order chi connectivity index (χ0) is 20.8. The Bertz CT molecular complexity index is 1050. The van der Waals surface area contributed by atoms with Crippen LogP contribution in [0.4, 0.5) is 5.69 Å². The molecule has 0 aliphatic heterocycles. The molecule has 0 radical (unpaired) electrons. The lowest BCUT2D eigenvalue weighted by Gasteiger charge is -2.06. The Hall–Kier alpha value is -4.08. The predicted molar refractivity (Wildman–Crippen MR) is 102 cm³/mol. The first-order valence-electron chi connectivity index (χ1n) is 8.65. The van der Waals surface area contributed by atoms with E-state index in [1.165, 1.54) is 18.2 Å². The number of carbonyl (C=O) groups excluding carboxylic acids is 2. The normalized spacial score (nSPS) is 10.4. The number of nitrogens with one attached hydrogen (secondary N) is 2. The number of hydrogen-bond donors (Lipinski definition) is 2. The molecule has 2 amide bonds. The Morgan fingerprint density at radius 3 is 2.45 bits per heavy atom. The summed E-state index contributed by atoms with van der Waals surface area (Å²) in [5.74, 6) is -1.08. The van der Waals surface area contributed by atoms with E-state index in [0.717, 1.165) is 5.56 Å². The largest absolute Gasteiger partial charge is 0.350 e. The van der Waals surface area contributed by atoms with Crippen molar-refractivity contribution < 1.29 is 19.0 Å². The molecule has 2 N–H and O–H groups in total. The van der Waals surface area contributed by atoms with Gasteiger partial charge in [-0.3, -0.25) is 19.7 Å². The molecular formula is C19H17N5O5. The van der Waals surface area contributed by atoms with E-state index in [2.05, 4.69) is 20.8 Å². The molecule has 0 atom stereocenters. The fourth-order valence-electron chi connectivity index (χ4n) is 2.43. The third-order valence-corrected chi connectivity index (χ3v) is 3.95. The lowest BCUT2D eigenvalue weighted by atomic mass is 10.1. The first kappa shape index (κ1) is 19.7. The van der Waals surface area contributed by atoms with Crippen LogP contribution in [-0.4, -0.2) is 40.0 Å². The van der Waals surface area contributed by atoms with Crippen molar-refractivity contribution in [1.82, 2.24) is 20.8 Å². The SMILES string of the molecule is Cc1ccc(C(=O)NCCNC(=O)c2nc(-c3cccc([N+](=O)[O-])c3)no2)cc1. The van der Waals surface area contributed by atoms with Crippen LogP contribution in [0.3, 0.4) is 0 Å². The minimum Gasteiger partial charge on any atom is -0.350 e. The zero-order valence-electron chi connectivity index (χ0n) is 15.4. The van der Waals surface area contributed by atoms with E-state index < -0.39 is 10.8 Å². The lowest BCUT2D eigenvalue weighted by molar-refractivity contribution is -0.384. The van der Waals surface area contributed by atoms with Gasteiger partial charge in [-0.1, -0.05) is 35.0 Å². The minimum absolute atomic E-state index is 0.0616. The Balaban J connectivity index is 1.51. The zero-order valence-corrected chi connectivity index (χ0v) is 15.4. The number of carbonyl (C=O) groups is 2. The molecule has 3 aromatic rings. The van der Waals surface area contributed by atoms with Crippen molar-refractivity contribution in [3.05, 3.63) is 75.7 Å². The Labute approximate surface area is 165 Å². The van der Waals surface area contributed by atoms with Crippen LogP contribution < -0.4 is 10.6 Å². The maximum atomic E-state index is 12.1. The molecule has 0 unspecified atom stereocenters. The van der Waals surface area contributed by atoms with Gasteiger partial charge in [-0.05, 0) is 19.1 Å². The summed E-state index contributed by atoms with van der Waals surface area (Å²) in [6, 6.07) is 12.8. The van der Waals surface area contributed by atoms with E-state index in [0.29, 0.717) is 11.1 Å². The summed E-state index contributed by atoms with van der Waals surface area (Å²) >= 11 is 0. The van der Waals surface area contributed by atoms with Gasteiger partial charge in [0.25, 0.3) is 11.6 Å². The highest BCUT2D eigenvalue weighted by Crippen LogP contribution is 2.21. The molecule has 0 bridgehead atoms. The average molecular weight is 395 g/mol. The van der Waals surface area contributed by atoms with Gasteiger partial charge in [-0.15, -0.1) is 0 Å². The Kier molecular flexibility index (Phi) is 5.93. The summed E-state index contributed by atoms with van der Waals surface area (Å²) in [5.41, 5.74) is 1.81. The molecular weight excluding hydrogens is 378 g/mol. The highest BCUT2D eigenvalue weighted by Gasteiger charge is 2.17. The summed E-state index contributed by atoms with van der Waals surface area (Å²) in [4.78, 5) is 38.3. The molecule has 1 heterocycles. The van der Waals surface area contributed by atoms with E-state index in [1.54, 1.807) is 18.2 Å². The first-order valence-corrected chi connectivity index (χ1v) is 8.65. The number of hydrogen-bond acceptors (Lipinski definition) is 7. The van der Waals surface area contributed by atoms with Gasteiger partial charge in [0.15, 0.2) is 0 Å². The van der Waals surface area contributed by atoms with Crippen molar-refractivity contribution in [2.24, 2.45) is 0 Å². The highest BCUT2D eigenvalue weighted by molar-refractivity contribution is 5.94. The topological polar surface area (TPSA) is 140 Å². The second kappa shape index (κ2) is 8.74. The number of nitrogens with zero attached hydrogens (tertiary/aromatic N) is 3. The monoisotopic (exact) mass is 395 g/mol. The Morgan fingerprint density at radius 1 is 1.07 bits per heavy atom. The molecule has 10 nitrogen and oxygen atoms in total. The van der Waals surface area contributed by atoms with Crippen LogP contribution in [0.2, 0.25) is 0 Å². The second-order valence-electron chi connectivity index (χ2n) is 6.11.